The van der Waals surface area contributed by atoms with Crippen molar-refractivity contribution in [1.82, 2.24) is 14.8 Å². The second-order valence-electron chi connectivity index (χ2n) is 7.02. The minimum absolute atomic E-state index is 0.141. The van der Waals surface area contributed by atoms with Crippen LogP contribution in [0.15, 0.2) is 57.8 Å². The number of carbonyl (C=O) groups excluding carboxylic acids is 1. The van der Waals surface area contributed by atoms with Gasteiger partial charge in [0.25, 0.3) is 10.0 Å². The average Bonchev–Trinajstić information content (AvgIpc) is 3.39. The Kier molecular flexibility index (Phi) is 6.32. The number of nitrogens with zero attached hydrogens (tertiary/aromatic N) is 5. The Balaban J connectivity index is 1.71. The third-order valence-corrected chi connectivity index (χ3v) is 6.93. The maximum absolute atomic E-state index is 13.2. The highest BCUT2D eigenvalue weighted by Gasteiger charge is 2.45. The van der Waals surface area contributed by atoms with Crippen molar-refractivity contribution in [1.29, 1.82) is 0 Å². The fourth-order valence-corrected chi connectivity index (χ4v) is 5.19. The summed E-state index contributed by atoms with van der Waals surface area (Å²) >= 11 is 0.773. The van der Waals surface area contributed by atoms with Crippen molar-refractivity contribution in [2.45, 2.75) is 17.2 Å². The summed E-state index contributed by atoms with van der Waals surface area (Å²) in [7, 11) is -4.56. The van der Waals surface area contributed by atoms with E-state index in [4.69, 9.17) is 0 Å². The molecular formula is C19H10F7N5O3S2. The van der Waals surface area contributed by atoms with E-state index < -0.39 is 56.3 Å². The maximum atomic E-state index is 13.2. The standard InChI is InChI=1S/C19H10F7N5O3S2/c20-10-1-3-11(4-2-10)30-14(32)9-35-17(30)29-36(33,34)13-7-5-12(6-8-13)31-15(18(21,22)23)27-28-16(31)19(24,25)26/h1-8H,9H2/b29-17+. The lowest BCUT2D eigenvalue weighted by atomic mass is 10.3. The number of amides is 1. The van der Waals surface area contributed by atoms with Crippen molar-refractivity contribution in [3.63, 3.8) is 0 Å². The fraction of sp³-hybridized carbons (Fsp3) is 0.158. The van der Waals surface area contributed by atoms with E-state index in [2.05, 4.69) is 14.6 Å². The Morgan fingerprint density at radius 3 is 1.83 bits per heavy atom. The monoisotopic (exact) mass is 553 g/mol. The number of rotatable bonds is 4. The quantitative estimate of drug-likeness (QED) is 0.448. The molecule has 2 aromatic carbocycles. The number of alkyl halides is 6. The van der Waals surface area contributed by atoms with E-state index >= 15 is 0 Å². The van der Waals surface area contributed by atoms with Crippen LogP contribution < -0.4 is 4.90 Å². The molecule has 0 saturated carbocycles. The first-order valence-electron chi connectivity index (χ1n) is 9.45. The summed E-state index contributed by atoms with van der Waals surface area (Å²) in [4.78, 5) is 12.6. The molecule has 0 aliphatic carbocycles. The highest BCUT2D eigenvalue weighted by Crippen LogP contribution is 2.36. The molecule has 4 rings (SSSR count). The van der Waals surface area contributed by atoms with E-state index in [0.29, 0.717) is 12.1 Å². The molecule has 0 N–H and O–H groups in total. The molecule has 17 heteroatoms. The molecule has 1 amide bonds. The van der Waals surface area contributed by atoms with Gasteiger partial charge in [0.1, 0.15) is 5.82 Å². The van der Waals surface area contributed by atoms with Gasteiger partial charge in [-0.05, 0) is 48.5 Å². The predicted octanol–water partition coefficient (Wildman–Crippen LogP) is 4.27. The molecule has 2 heterocycles. The maximum Gasteiger partial charge on any atom is 0.452 e. The van der Waals surface area contributed by atoms with Crippen LogP contribution in [0.3, 0.4) is 0 Å². The summed E-state index contributed by atoms with van der Waals surface area (Å²) in [6.45, 7) is 0. The van der Waals surface area contributed by atoms with Gasteiger partial charge in [0, 0.05) is 5.69 Å². The molecule has 0 radical (unpaired) electrons. The Labute approximate surface area is 201 Å². The highest BCUT2D eigenvalue weighted by atomic mass is 32.2. The van der Waals surface area contributed by atoms with Crippen LogP contribution in [0.2, 0.25) is 0 Å². The number of thioether (sulfide) groups is 1. The number of carbonyl (C=O) groups is 1. The van der Waals surface area contributed by atoms with Crippen molar-refractivity contribution in [2.24, 2.45) is 4.40 Å². The van der Waals surface area contributed by atoms with Crippen molar-refractivity contribution in [3.8, 4) is 5.69 Å². The zero-order valence-corrected chi connectivity index (χ0v) is 18.9. The highest BCUT2D eigenvalue weighted by molar-refractivity contribution is 8.16. The average molecular weight is 553 g/mol. The van der Waals surface area contributed by atoms with Crippen LogP contribution in [0.5, 0.6) is 0 Å². The van der Waals surface area contributed by atoms with Crippen LogP contribution >= 0.6 is 11.8 Å². The summed E-state index contributed by atoms with van der Waals surface area (Å²) in [6.07, 6.45) is -10.6. The topological polar surface area (TPSA) is 97.5 Å². The number of hydrogen-bond acceptors (Lipinski definition) is 6. The molecule has 0 unspecified atom stereocenters. The van der Waals surface area contributed by atoms with E-state index in [9.17, 15) is 43.9 Å². The minimum Gasteiger partial charge on any atom is -0.273 e. The molecule has 0 spiro atoms. The zero-order valence-electron chi connectivity index (χ0n) is 17.2. The smallest absolute Gasteiger partial charge is 0.273 e. The molecule has 0 atom stereocenters. The van der Waals surface area contributed by atoms with Crippen molar-refractivity contribution in [2.75, 3.05) is 10.7 Å². The van der Waals surface area contributed by atoms with Crippen LogP contribution in [0.1, 0.15) is 11.6 Å². The number of anilines is 1. The molecule has 0 bridgehead atoms. The van der Waals surface area contributed by atoms with Crippen molar-refractivity contribution < 1.29 is 43.9 Å². The second-order valence-corrected chi connectivity index (χ2v) is 9.56. The summed E-state index contributed by atoms with van der Waals surface area (Å²) in [5.41, 5.74) is -0.563. The number of amidine groups is 1. The third-order valence-electron chi connectivity index (χ3n) is 4.61. The van der Waals surface area contributed by atoms with Gasteiger partial charge in [-0.2, -0.15) is 34.8 Å². The predicted molar refractivity (Wildman–Crippen MR) is 112 cm³/mol. The largest absolute Gasteiger partial charge is 0.452 e. The Morgan fingerprint density at radius 2 is 1.33 bits per heavy atom. The van der Waals surface area contributed by atoms with Crippen LogP contribution in [0.25, 0.3) is 5.69 Å². The SMILES string of the molecule is O=C1CS/C(=N/S(=O)(=O)c2ccc(-n3c(C(F)(F)F)nnc3C(F)(F)F)cc2)N1c1ccc(F)cc1. The van der Waals surface area contributed by atoms with Gasteiger partial charge in [0.05, 0.1) is 16.3 Å². The molecule has 36 heavy (non-hydrogen) atoms. The third kappa shape index (κ3) is 4.92. The van der Waals surface area contributed by atoms with E-state index in [-0.39, 0.29) is 21.2 Å². The van der Waals surface area contributed by atoms with Gasteiger partial charge in [-0.25, -0.2) is 4.39 Å². The van der Waals surface area contributed by atoms with Gasteiger partial charge < -0.3 is 0 Å². The van der Waals surface area contributed by atoms with Gasteiger partial charge >= 0.3 is 12.4 Å². The fourth-order valence-electron chi connectivity index (χ4n) is 3.09. The van der Waals surface area contributed by atoms with Crippen LogP contribution in [0, 0.1) is 5.82 Å². The Hall–Kier alpha value is -3.47. The first-order chi connectivity index (χ1) is 16.7. The summed E-state index contributed by atoms with van der Waals surface area (Å²) in [5, 5.41) is 4.90. The first kappa shape index (κ1) is 25.6. The normalized spacial score (nSPS) is 16.2. The first-order valence-corrected chi connectivity index (χ1v) is 11.9. The Morgan fingerprint density at radius 1 is 0.833 bits per heavy atom. The number of sulfonamides is 1. The number of halogens is 7. The lowest BCUT2D eigenvalue weighted by Crippen LogP contribution is -2.29. The van der Waals surface area contributed by atoms with Crippen molar-refractivity contribution >= 4 is 38.5 Å². The number of benzene rings is 2. The molecule has 3 aromatic rings. The molecule has 190 valence electrons. The zero-order chi connectivity index (χ0) is 26.5. The van der Waals surface area contributed by atoms with Crippen LogP contribution in [-0.4, -0.2) is 40.0 Å². The van der Waals surface area contributed by atoms with Gasteiger partial charge in [-0.15, -0.1) is 14.6 Å². The van der Waals surface area contributed by atoms with Gasteiger partial charge in [0.2, 0.25) is 17.6 Å². The lowest BCUT2D eigenvalue weighted by molar-refractivity contribution is -0.153. The molecule has 1 aromatic heterocycles. The molecule has 8 nitrogen and oxygen atoms in total. The number of hydrogen-bond donors (Lipinski definition) is 0. The second kappa shape index (κ2) is 8.88. The molecule has 1 aliphatic rings. The summed E-state index contributed by atoms with van der Waals surface area (Å²) < 4.78 is 121. The molecule has 1 saturated heterocycles. The summed E-state index contributed by atoms with van der Waals surface area (Å²) in [6, 6.07) is 7.45. The van der Waals surface area contributed by atoms with Gasteiger partial charge in [-0.1, -0.05) is 11.8 Å². The summed E-state index contributed by atoms with van der Waals surface area (Å²) in [5.74, 6) is -5.22. The van der Waals surface area contributed by atoms with Gasteiger partial charge in [0.15, 0.2) is 5.17 Å². The van der Waals surface area contributed by atoms with Crippen molar-refractivity contribution in [3.05, 3.63) is 66.0 Å². The van der Waals surface area contributed by atoms with Crippen LogP contribution in [0.4, 0.5) is 36.4 Å². The van der Waals surface area contributed by atoms with E-state index in [1.165, 1.54) is 12.1 Å². The Bertz CT molecular complexity index is 1420. The molecular weight excluding hydrogens is 543 g/mol. The number of aromatic nitrogens is 3. The molecule has 1 aliphatic heterocycles. The van der Waals surface area contributed by atoms with Gasteiger partial charge in [-0.3, -0.25) is 14.3 Å². The van der Waals surface area contributed by atoms with E-state index in [1.807, 2.05) is 0 Å². The van der Waals surface area contributed by atoms with E-state index in [1.54, 1.807) is 0 Å². The van der Waals surface area contributed by atoms with Crippen LogP contribution in [-0.2, 0) is 27.2 Å². The lowest BCUT2D eigenvalue weighted by Gasteiger charge is -2.16. The molecule has 1 fully saturated rings. The minimum atomic E-state index is -5.29. The van der Waals surface area contributed by atoms with E-state index in [0.717, 1.165) is 40.9 Å².